The molecule has 0 fully saturated rings. The van der Waals surface area contributed by atoms with Crippen molar-refractivity contribution in [2.75, 3.05) is 0 Å². The average Bonchev–Trinajstić information content (AvgIpc) is 2.63. The zero-order valence-corrected chi connectivity index (χ0v) is 11.7. The summed E-state index contributed by atoms with van der Waals surface area (Å²) in [5.41, 5.74) is 0.613. The van der Waals surface area contributed by atoms with Crippen molar-refractivity contribution in [3.8, 4) is 0 Å². The van der Waals surface area contributed by atoms with Crippen LogP contribution in [0.4, 0.5) is 0 Å². The molecular weight excluding hydrogens is 264 g/mol. The Morgan fingerprint density at radius 1 is 1.20 bits per heavy atom. The highest BCUT2D eigenvalue weighted by molar-refractivity contribution is 5.91. The Morgan fingerprint density at radius 3 is 2.35 bits per heavy atom. The molecule has 112 valence electrons. The number of carboxylic acids is 2. The highest BCUT2D eigenvalue weighted by atomic mass is 16.4. The molecule has 0 aliphatic rings. The summed E-state index contributed by atoms with van der Waals surface area (Å²) in [7, 11) is 0. The van der Waals surface area contributed by atoms with Crippen molar-refractivity contribution in [3.63, 3.8) is 0 Å². The Morgan fingerprint density at radius 2 is 1.85 bits per heavy atom. The molecule has 0 spiro atoms. The number of aliphatic hydroxyl groups excluding tert-OH is 1. The molecule has 6 heteroatoms. The van der Waals surface area contributed by atoms with E-state index in [2.05, 4.69) is 0 Å². The van der Waals surface area contributed by atoms with Gasteiger partial charge in [0.1, 0.15) is 17.1 Å². The standard InChI is InChI=1S/C14H20O6/c1-8(15)4-3-5-10-9(2)13(14(18)19)11(20-10)6-7-12(16)17/h8,15H,3-7H2,1-2H3,(H,16,17)(H,18,19). The number of carboxylic acid groups (broad SMARTS) is 2. The van der Waals surface area contributed by atoms with Crippen LogP contribution in [-0.4, -0.2) is 33.4 Å². The third-order valence-corrected chi connectivity index (χ3v) is 3.12. The van der Waals surface area contributed by atoms with E-state index in [0.29, 0.717) is 30.6 Å². The van der Waals surface area contributed by atoms with Gasteiger partial charge in [0.05, 0.1) is 12.5 Å². The maximum Gasteiger partial charge on any atom is 0.339 e. The minimum Gasteiger partial charge on any atom is -0.481 e. The Labute approximate surface area is 117 Å². The minimum absolute atomic E-state index is 0.0637. The third kappa shape index (κ3) is 4.38. The second-order valence-corrected chi connectivity index (χ2v) is 4.89. The van der Waals surface area contributed by atoms with Gasteiger partial charge >= 0.3 is 11.9 Å². The SMILES string of the molecule is Cc1c(CCCC(C)O)oc(CCC(=O)O)c1C(=O)O. The van der Waals surface area contributed by atoms with E-state index >= 15 is 0 Å². The number of aliphatic carboxylic acids is 1. The molecule has 1 unspecified atom stereocenters. The van der Waals surface area contributed by atoms with E-state index in [1.165, 1.54) is 0 Å². The lowest BCUT2D eigenvalue weighted by Crippen LogP contribution is -2.04. The van der Waals surface area contributed by atoms with Crippen LogP contribution in [0.5, 0.6) is 0 Å². The summed E-state index contributed by atoms with van der Waals surface area (Å²) in [4.78, 5) is 21.8. The summed E-state index contributed by atoms with van der Waals surface area (Å²) in [5, 5.41) is 27.1. The fourth-order valence-corrected chi connectivity index (χ4v) is 2.10. The van der Waals surface area contributed by atoms with Crippen LogP contribution in [0.15, 0.2) is 4.42 Å². The molecule has 0 aromatic carbocycles. The van der Waals surface area contributed by atoms with Crippen molar-refractivity contribution in [2.24, 2.45) is 0 Å². The van der Waals surface area contributed by atoms with Crippen LogP contribution >= 0.6 is 0 Å². The zero-order chi connectivity index (χ0) is 15.3. The van der Waals surface area contributed by atoms with Gasteiger partial charge in [0.2, 0.25) is 0 Å². The largest absolute Gasteiger partial charge is 0.481 e. The maximum absolute atomic E-state index is 11.2. The van der Waals surface area contributed by atoms with Gasteiger partial charge in [-0.2, -0.15) is 0 Å². The van der Waals surface area contributed by atoms with Gasteiger partial charge < -0.3 is 19.7 Å². The van der Waals surface area contributed by atoms with Gasteiger partial charge in [0, 0.05) is 18.4 Å². The van der Waals surface area contributed by atoms with Crippen LogP contribution in [0.3, 0.4) is 0 Å². The lowest BCUT2D eigenvalue weighted by Gasteiger charge is -2.02. The van der Waals surface area contributed by atoms with Crippen LogP contribution in [0.2, 0.25) is 0 Å². The first-order valence-electron chi connectivity index (χ1n) is 6.57. The second-order valence-electron chi connectivity index (χ2n) is 4.89. The van der Waals surface area contributed by atoms with Crippen molar-refractivity contribution in [1.29, 1.82) is 0 Å². The molecule has 0 aliphatic carbocycles. The average molecular weight is 284 g/mol. The van der Waals surface area contributed by atoms with Crippen LogP contribution in [0, 0.1) is 6.92 Å². The van der Waals surface area contributed by atoms with E-state index in [1.54, 1.807) is 13.8 Å². The molecule has 1 aromatic heterocycles. The molecule has 20 heavy (non-hydrogen) atoms. The highest BCUT2D eigenvalue weighted by Crippen LogP contribution is 2.25. The quantitative estimate of drug-likeness (QED) is 0.674. The molecule has 6 nitrogen and oxygen atoms in total. The number of rotatable bonds is 8. The topological polar surface area (TPSA) is 108 Å². The Balaban J connectivity index is 2.88. The molecule has 0 amide bonds. The van der Waals surface area contributed by atoms with E-state index in [0.717, 1.165) is 0 Å². The first-order chi connectivity index (χ1) is 9.32. The number of hydrogen-bond donors (Lipinski definition) is 3. The summed E-state index contributed by atoms with van der Waals surface area (Å²) >= 11 is 0. The van der Waals surface area contributed by atoms with Crippen LogP contribution in [0.1, 0.15) is 53.6 Å². The van der Waals surface area contributed by atoms with Crippen molar-refractivity contribution in [3.05, 3.63) is 22.6 Å². The molecule has 3 N–H and O–H groups in total. The fraction of sp³-hybridized carbons (Fsp3) is 0.571. The van der Waals surface area contributed by atoms with E-state index in [1.807, 2.05) is 0 Å². The van der Waals surface area contributed by atoms with E-state index in [-0.39, 0.29) is 24.2 Å². The van der Waals surface area contributed by atoms with Gasteiger partial charge in [-0.25, -0.2) is 4.79 Å². The summed E-state index contributed by atoms with van der Waals surface area (Å²) in [5.74, 6) is -1.33. The number of carbonyl (C=O) groups is 2. The van der Waals surface area contributed by atoms with Gasteiger partial charge in [0.25, 0.3) is 0 Å². The van der Waals surface area contributed by atoms with Gasteiger partial charge in [0.15, 0.2) is 0 Å². The second kappa shape index (κ2) is 7.09. The third-order valence-electron chi connectivity index (χ3n) is 3.12. The molecule has 1 heterocycles. The summed E-state index contributed by atoms with van der Waals surface area (Å²) < 4.78 is 5.51. The van der Waals surface area contributed by atoms with E-state index < -0.39 is 18.0 Å². The van der Waals surface area contributed by atoms with Gasteiger partial charge in [-0.05, 0) is 26.7 Å². The van der Waals surface area contributed by atoms with Crippen LogP contribution < -0.4 is 0 Å². The predicted octanol–water partition coefficient (Wildman–Crippen LogP) is 2.01. The Bertz CT molecular complexity index is 486. The first kappa shape index (κ1) is 16.2. The number of aliphatic hydroxyl groups is 1. The molecular formula is C14H20O6. The van der Waals surface area contributed by atoms with Gasteiger partial charge in [-0.1, -0.05) is 0 Å². The Kier molecular flexibility index (Phi) is 5.76. The molecule has 1 aromatic rings. The number of furan rings is 1. The number of aryl methyl sites for hydroxylation is 2. The van der Waals surface area contributed by atoms with Crippen molar-refractivity contribution in [2.45, 2.75) is 52.1 Å². The highest BCUT2D eigenvalue weighted by Gasteiger charge is 2.22. The van der Waals surface area contributed by atoms with Crippen LogP contribution in [-0.2, 0) is 17.6 Å². The molecule has 0 saturated heterocycles. The number of aromatic carboxylic acids is 1. The zero-order valence-electron chi connectivity index (χ0n) is 11.7. The fourth-order valence-electron chi connectivity index (χ4n) is 2.10. The van der Waals surface area contributed by atoms with Crippen molar-refractivity contribution >= 4 is 11.9 Å². The van der Waals surface area contributed by atoms with Gasteiger partial charge in [-0.3, -0.25) is 4.79 Å². The lowest BCUT2D eigenvalue weighted by atomic mass is 10.0. The normalized spacial score (nSPS) is 12.3. The molecule has 0 radical (unpaired) electrons. The molecule has 0 aliphatic heterocycles. The summed E-state index contributed by atoms with van der Waals surface area (Å²) in [6.45, 7) is 3.35. The summed E-state index contributed by atoms with van der Waals surface area (Å²) in [6.07, 6.45) is 1.31. The van der Waals surface area contributed by atoms with Crippen molar-refractivity contribution in [1.82, 2.24) is 0 Å². The predicted molar refractivity (Wildman–Crippen MR) is 71.0 cm³/mol. The van der Waals surface area contributed by atoms with Crippen molar-refractivity contribution < 1.29 is 29.3 Å². The lowest BCUT2D eigenvalue weighted by molar-refractivity contribution is -0.137. The molecule has 1 rings (SSSR count). The molecule has 1 atom stereocenters. The van der Waals surface area contributed by atoms with Crippen LogP contribution in [0.25, 0.3) is 0 Å². The van der Waals surface area contributed by atoms with E-state index in [9.17, 15) is 19.8 Å². The molecule has 0 saturated carbocycles. The maximum atomic E-state index is 11.2. The van der Waals surface area contributed by atoms with E-state index in [4.69, 9.17) is 9.52 Å². The smallest absolute Gasteiger partial charge is 0.339 e. The minimum atomic E-state index is -1.10. The van der Waals surface area contributed by atoms with Gasteiger partial charge in [-0.15, -0.1) is 0 Å². The molecule has 0 bridgehead atoms. The Hall–Kier alpha value is -1.82. The summed E-state index contributed by atoms with van der Waals surface area (Å²) in [6, 6.07) is 0. The first-order valence-corrected chi connectivity index (χ1v) is 6.57. The monoisotopic (exact) mass is 284 g/mol. The number of hydrogen-bond acceptors (Lipinski definition) is 4.